The fraction of sp³-hybridized carbons (Fsp3) is 0.150. The predicted molar refractivity (Wildman–Crippen MR) is 107 cm³/mol. The van der Waals surface area contributed by atoms with Gasteiger partial charge in [0.25, 0.3) is 5.91 Å². The third-order valence-electron chi connectivity index (χ3n) is 4.12. The van der Waals surface area contributed by atoms with E-state index < -0.39 is 0 Å². The normalized spacial score (nSPS) is 10.5. The average molecular weight is 383 g/mol. The first-order valence-electron chi connectivity index (χ1n) is 8.37. The summed E-state index contributed by atoms with van der Waals surface area (Å²) in [5.41, 5.74) is 3.60. The Balaban J connectivity index is 1.92. The molecule has 0 radical (unpaired) electrons. The summed E-state index contributed by atoms with van der Waals surface area (Å²) in [4.78, 5) is 24.2. The molecule has 0 unspecified atom stereocenters. The van der Waals surface area contributed by atoms with E-state index in [1.807, 2.05) is 37.3 Å². The Morgan fingerprint density at radius 2 is 1.59 bits per heavy atom. The van der Waals surface area contributed by atoms with Gasteiger partial charge in [0.15, 0.2) is 0 Å². The van der Waals surface area contributed by atoms with Crippen molar-refractivity contribution in [3.05, 3.63) is 70.5 Å². The molecule has 2 aromatic carbocycles. The Morgan fingerprint density at radius 3 is 2.22 bits per heavy atom. The highest BCUT2D eigenvalue weighted by atomic mass is 35.5. The number of nitrogens with one attached hydrogen (secondary N) is 2. The van der Waals surface area contributed by atoms with Gasteiger partial charge in [0, 0.05) is 18.3 Å². The van der Waals surface area contributed by atoms with E-state index in [0.717, 1.165) is 11.3 Å². The summed E-state index contributed by atoms with van der Waals surface area (Å²) in [6, 6.07) is 14.7. The Hall–Kier alpha value is -3.12. The van der Waals surface area contributed by atoms with Gasteiger partial charge in [0.2, 0.25) is 5.91 Å². The van der Waals surface area contributed by atoms with Crippen LogP contribution in [0.1, 0.15) is 28.5 Å². The molecule has 2 N–H and O–H groups in total. The highest BCUT2D eigenvalue weighted by molar-refractivity contribution is 6.34. The maximum Gasteiger partial charge on any atom is 0.260 e. The highest BCUT2D eigenvalue weighted by Crippen LogP contribution is 2.27. The lowest BCUT2D eigenvalue weighted by Gasteiger charge is -2.12. The quantitative estimate of drug-likeness (QED) is 0.704. The van der Waals surface area contributed by atoms with Crippen LogP contribution in [-0.4, -0.2) is 21.6 Å². The van der Waals surface area contributed by atoms with Crippen molar-refractivity contribution in [2.75, 3.05) is 10.6 Å². The minimum Gasteiger partial charge on any atom is -0.326 e. The molecule has 3 aromatic rings. The maximum absolute atomic E-state index is 12.8. The van der Waals surface area contributed by atoms with Crippen LogP contribution in [0.25, 0.3) is 5.69 Å². The molecule has 0 saturated heterocycles. The first-order valence-corrected chi connectivity index (χ1v) is 8.75. The van der Waals surface area contributed by atoms with Crippen LogP contribution in [0.4, 0.5) is 11.4 Å². The molecule has 0 atom stereocenters. The van der Waals surface area contributed by atoms with Crippen LogP contribution >= 0.6 is 11.6 Å². The van der Waals surface area contributed by atoms with Crippen molar-refractivity contribution in [2.45, 2.75) is 20.8 Å². The molecule has 0 aliphatic rings. The first kappa shape index (κ1) is 18.7. The Labute approximate surface area is 162 Å². The smallest absolute Gasteiger partial charge is 0.260 e. The molecule has 6 nitrogen and oxygen atoms in total. The van der Waals surface area contributed by atoms with E-state index in [0.29, 0.717) is 22.6 Å². The van der Waals surface area contributed by atoms with Crippen LogP contribution in [-0.2, 0) is 4.79 Å². The van der Waals surface area contributed by atoms with E-state index >= 15 is 0 Å². The number of amides is 2. The minimum absolute atomic E-state index is 0.176. The molecule has 0 spiro atoms. The summed E-state index contributed by atoms with van der Waals surface area (Å²) in [6.07, 6.45) is 0. The van der Waals surface area contributed by atoms with E-state index in [1.54, 1.807) is 25.1 Å². The van der Waals surface area contributed by atoms with Crippen LogP contribution in [0, 0.1) is 13.8 Å². The van der Waals surface area contributed by atoms with Gasteiger partial charge in [-0.05, 0) is 43.7 Å². The first-order chi connectivity index (χ1) is 12.9. The minimum atomic E-state index is -0.359. The van der Waals surface area contributed by atoms with E-state index in [2.05, 4.69) is 15.7 Å². The second kappa shape index (κ2) is 7.63. The van der Waals surface area contributed by atoms with Crippen molar-refractivity contribution in [3.8, 4) is 5.69 Å². The molecule has 1 heterocycles. The van der Waals surface area contributed by atoms with Gasteiger partial charge in [-0.25, -0.2) is 4.68 Å². The number of nitrogens with zero attached hydrogens (tertiary/aromatic N) is 2. The maximum atomic E-state index is 12.8. The van der Waals surface area contributed by atoms with Crippen molar-refractivity contribution >= 4 is 34.8 Å². The van der Waals surface area contributed by atoms with Gasteiger partial charge in [0.1, 0.15) is 10.7 Å². The van der Waals surface area contributed by atoms with E-state index in [4.69, 9.17) is 11.6 Å². The molecule has 3 rings (SSSR count). The van der Waals surface area contributed by atoms with Crippen molar-refractivity contribution < 1.29 is 9.59 Å². The zero-order valence-corrected chi connectivity index (χ0v) is 16.0. The van der Waals surface area contributed by atoms with Gasteiger partial charge in [-0.2, -0.15) is 5.10 Å². The number of benzene rings is 2. The van der Waals surface area contributed by atoms with Crippen molar-refractivity contribution in [1.29, 1.82) is 0 Å². The topological polar surface area (TPSA) is 76.0 Å². The molecule has 0 aliphatic carbocycles. The lowest BCUT2D eigenvalue weighted by atomic mass is 10.1. The predicted octanol–water partition coefficient (Wildman–Crippen LogP) is 4.35. The SMILES string of the molecule is CC(=O)Nc1cccc(NC(=O)c2c(C)nn(-c3ccccc3)c2Cl)c1C. The number of halogens is 1. The van der Waals surface area contributed by atoms with Crippen molar-refractivity contribution in [3.63, 3.8) is 0 Å². The third kappa shape index (κ3) is 3.85. The molecular weight excluding hydrogens is 364 g/mol. The number of rotatable bonds is 4. The number of hydrogen-bond acceptors (Lipinski definition) is 3. The van der Waals surface area contributed by atoms with E-state index in [9.17, 15) is 9.59 Å². The van der Waals surface area contributed by atoms with E-state index in [-0.39, 0.29) is 17.0 Å². The van der Waals surface area contributed by atoms with Gasteiger partial charge < -0.3 is 10.6 Å². The molecule has 138 valence electrons. The summed E-state index contributed by atoms with van der Waals surface area (Å²) in [7, 11) is 0. The molecule has 1 aromatic heterocycles. The van der Waals surface area contributed by atoms with Gasteiger partial charge in [-0.1, -0.05) is 35.9 Å². The second-order valence-corrected chi connectivity index (χ2v) is 6.47. The monoisotopic (exact) mass is 382 g/mol. The standard InChI is InChI=1S/C20H19ClN4O2/c1-12-16(22-14(3)26)10-7-11-17(12)23-20(27)18-13(2)24-25(19(18)21)15-8-5-4-6-9-15/h4-11H,1-3H3,(H,22,26)(H,23,27). The number of para-hydroxylation sites is 1. The molecule has 0 aliphatic heterocycles. The summed E-state index contributed by atoms with van der Waals surface area (Å²) in [5.74, 6) is -0.535. The zero-order chi connectivity index (χ0) is 19.6. The van der Waals surface area contributed by atoms with E-state index in [1.165, 1.54) is 11.6 Å². The lowest BCUT2D eigenvalue weighted by Crippen LogP contribution is -2.15. The van der Waals surface area contributed by atoms with Crippen LogP contribution in [0.5, 0.6) is 0 Å². The summed E-state index contributed by atoms with van der Waals surface area (Å²) in [6.45, 7) is 5.00. The molecule has 0 fully saturated rings. The lowest BCUT2D eigenvalue weighted by molar-refractivity contribution is -0.114. The Bertz CT molecular complexity index is 1010. The van der Waals surface area contributed by atoms with Gasteiger partial charge >= 0.3 is 0 Å². The summed E-state index contributed by atoms with van der Waals surface area (Å²) in [5, 5.41) is 10.2. The van der Waals surface area contributed by atoms with Gasteiger partial charge in [-0.3, -0.25) is 9.59 Å². The second-order valence-electron chi connectivity index (χ2n) is 6.11. The van der Waals surface area contributed by atoms with Gasteiger partial charge in [0.05, 0.1) is 11.4 Å². The number of carbonyl (C=O) groups excluding carboxylic acids is 2. The Kier molecular flexibility index (Phi) is 5.28. The summed E-state index contributed by atoms with van der Waals surface area (Å²) < 4.78 is 1.53. The molecule has 0 saturated carbocycles. The molecular formula is C20H19ClN4O2. The number of aryl methyl sites for hydroxylation is 1. The van der Waals surface area contributed by atoms with Crippen molar-refractivity contribution in [1.82, 2.24) is 9.78 Å². The van der Waals surface area contributed by atoms with Gasteiger partial charge in [-0.15, -0.1) is 0 Å². The fourth-order valence-electron chi connectivity index (χ4n) is 2.78. The Morgan fingerprint density at radius 1 is 0.963 bits per heavy atom. The van der Waals surface area contributed by atoms with Crippen LogP contribution < -0.4 is 10.6 Å². The zero-order valence-electron chi connectivity index (χ0n) is 15.2. The third-order valence-corrected chi connectivity index (χ3v) is 4.47. The average Bonchev–Trinajstić information content (AvgIpc) is 2.93. The largest absolute Gasteiger partial charge is 0.326 e. The number of aromatic nitrogens is 2. The molecule has 7 heteroatoms. The number of carbonyl (C=O) groups is 2. The van der Waals surface area contributed by atoms with Crippen LogP contribution in [0.2, 0.25) is 5.15 Å². The number of hydrogen-bond donors (Lipinski definition) is 2. The van der Waals surface area contributed by atoms with Crippen LogP contribution in [0.3, 0.4) is 0 Å². The highest BCUT2D eigenvalue weighted by Gasteiger charge is 2.22. The van der Waals surface area contributed by atoms with Crippen molar-refractivity contribution in [2.24, 2.45) is 0 Å². The molecule has 2 amide bonds. The molecule has 0 bridgehead atoms. The number of anilines is 2. The summed E-state index contributed by atoms with van der Waals surface area (Å²) >= 11 is 6.45. The van der Waals surface area contributed by atoms with Crippen LogP contribution in [0.15, 0.2) is 48.5 Å². The fourth-order valence-corrected chi connectivity index (χ4v) is 3.14. The molecule has 27 heavy (non-hydrogen) atoms.